The van der Waals surface area contributed by atoms with E-state index in [4.69, 9.17) is 0 Å². The molecule has 3 rings (SSSR count). The van der Waals surface area contributed by atoms with Gasteiger partial charge in [-0.1, -0.05) is 11.6 Å². The fourth-order valence-electron chi connectivity index (χ4n) is 3.23. The van der Waals surface area contributed by atoms with Gasteiger partial charge in [-0.15, -0.1) is 0 Å². The Balaban J connectivity index is 1.63. The third kappa shape index (κ3) is 3.35. The summed E-state index contributed by atoms with van der Waals surface area (Å²) in [5, 5.41) is 0. The Morgan fingerprint density at radius 3 is 3.05 bits per heavy atom. The van der Waals surface area contributed by atoms with Crippen molar-refractivity contribution in [3.05, 3.63) is 29.9 Å². The molecule has 5 heteroatoms. The monoisotopic (exact) mass is 288 g/mol. The van der Waals surface area contributed by atoms with E-state index in [1.807, 2.05) is 11.1 Å². The Morgan fingerprint density at radius 1 is 1.43 bits per heavy atom. The molecule has 1 saturated heterocycles. The summed E-state index contributed by atoms with van der Waals surface area (Å²) in [7, 11) is 2.10. The molecule has 1 aromatic rings. The quantitative estimate of drug-likeness (QED) is 0.867. The second-order valence-corrected chi connectivity index (χ2v) is 6.10. The molecule has 0 bridgehead atoms. The minimum atomic E-state index is 0.179. The van der Waals surface area contributed by atoms with Crippen LogP contribution in [-0.4, -0.2) is 52.4 Å². The highest BCUT2D eigenvalue weighted by molar-refractivity contribution is 5.79. The second kappa shape index (κ2) is 6.43. The highest BCUT2D eigenvalue weighted by Crippen LogP contribution is 2.24. The van der Waals surface area contributed by atoms with Crippen LogP contribution in [0.4, 0.5) is 0 Å². The van der Waals surface area contributed by atoms with Crippen LogP contribution in [0, 0.1) is 0 Å². The van der Waals surface area contributed by atoms with Crippen LogP contribution in [0.5, 0.6) is 0 Å². The number of carbonyl (C=O) groups excluding carboxylic acids is 1. The molecule has 21 heavy (non-hydrogen) atoms. The third-order valence-corrected chi connectivity index (χ3v) is 4.60. The number of allylic oxidation sites excluding steroid dienone is 1. The largest absolute Gasteiger partial charge is 0.347 e. The molecule has 1 atom stereocenters. The van der Waals surface area contributed by atoms with E-state index in [2.05, 4.69) is 28.0 Å². The van der Waals surface area contributed by atoms with Gasteiger partial charge < -0.3 is 9.88 Å². The fourth-order valence-corrected chi connectivity index (χ4v) is 3.23. The highest BCUT2D eigenvalue weighted by Gasteiger charge is 2.30. The predicted octanol–water partition coefficient (Wildman–Crippen LogP) is 2.12. The van der Waals surface area contributed by atoms with Crippen LogP contribution in [0.1, 0.15) is 44.0 Å². The molecule has 1 aliphatic carbocycles. The maximum atomic E-state index is 12.5. The minimum absolute atomic E-state index is 0.179. The van der Waals surface area contributed by atoms with Gasteiger partial charge in [-0.2, -0.15) is 0 Å². The van der Waals surface area contributed by atoms with Gasteiger partial charge in [0.1, 0.15) is 5.82 Å². The van der Waals surface area contributed by atoms with E-state index < -0.39 is 0 Å². The average molecular weight is 288 g/mol. The van der Waals surface area contributed by atoms with E-state index in [1.165, 1.54) is 18.4 Å². The van der Waals surface area contributed by atoms with Gasteiger partial charge in [0.25, 0.3) is 0 Å². The van der Waals surface area contributed by atoms with Crippen molar-refractivity contribution in [3.63, 3.8) is 0 Å². The lowest BCUT2D eigenvalue weighted by atomic mass is 9.96. The van der Waals surface area contributed by atoms with Crippen molar-refractivity contribution in [1.29, 1.82) is 0 Å². The van der Waals surface area contributed by atoms with Gasteiger partial charge in [0.15, 0.2) is 0 Å². The number of aromatic amines is 1. The molecule has 2 heterocycles. The van der Waals surface area contributed by atoms with Crippen LogP contribution < -0.4 is 0 Å². The minimum Gasteiger partial charge on any atom is -0.347 e. The van der Waals surface area contributed by atoms with Gasteiger partial charge in [0, 0.05) is 38.4 Å². The Bertz CT molecular complexity index is 508. The number of piperazine rings is 1. The summed E-state index contributed by atoms with van der Waals surface area (Å²) in [5.74, 6) is 1.22. The molecule has 114 valence electrons. The van der Waals surface area contributed by atoms with Gasteiger partial charge in [-0.3, -0.25) is 9.69 Å². The molecule has 0 radical (unpaired) electrons. The Kier molecular flexibility index (Phi) is 4.39. The summed E-state index contributed by atoms with van der Waals surface area (Å²) in [4.78, 5) is 24.3. The molecule has 1 aromatic heterocycles. The summed E-state index contributed by atoms with van der Waals surface area (Å²) in [6.07, 6.45) is 11.2. The van der Waals surface area contributed by atoms with Crippen LogP contribution in [0.3, 0.4) is 0 Å². The molecule has 1 N–H and O–H groups in total. The molecule has 0 spiro atoms. The van der Waals surface area contributed by atoms with Crippen molar-refractivity contribution in [3.8, 4) is 0 Å². The number of carbonyl (C=O) groups is 1. The lowest BCUT2D eigenvalue weighted by Gasteiger charge is -2.38. The Labute approximate surface area is 126 Å². The van der Waals surface area contributed by atoms with Crippen LogP contribution in [0.15, 0.2) is 24.0 Å². The summed E-state index contributed by atoms with van der Waals surface area (Å²) in [5.41, 5.74) is 1.33. The number of nitrogens with one attached hydrogen (secondary N) is 1. The summed E-state index contributed by atoms with van der Waals surface area (Å²) >= 11 is 0. The van der Waals surface area contributed by atoms with Crippen molar-refractivity contribution in [1.82, 2.24) is 19.8 Å². The number of likely N-dealkylation sites (N-methyl/N-ethyl adjacent to an activating group) is 1. The topological polar surface area (TPSA) is 52.2 Å². The number of aromatic nitrogens is 2. The van der Waals surface area contributed by atoms with Gasteiger partial charge in [0.2, 0.25) is 5.91 Å². The standard InChI is InChI=1S/C16H24N4O/c1-19-9-10-20(12-14(19)16-17-7-8-18-16)15(21)11-13-5-3-2-4-6-13/h5,7-8,14H,2-4,6,9-12H2,1H3,(H,17,18)/t14-/m0/s1. The third-order valence-electron chi connectivity index (χ3n) is 4.60. The first kappa shape index (κ1) is 14.3. The average Bonchev–Trinajstić information content (AvgIpc) is 3.03. The van der Waals surface area contributed by atoms with Crippen LogP contribution in [0.25, 0.3) is 0 Å². The first-order chi connectivity index (χ1) is 10.2. The van der Waals surface area contributed by atoms with Gasteiger partial charge >= 0.3 is 0 Å². The van der Waals surface area contributed by atoms with E-state index in [0.717, 1.165) is 38.3 Å². The molecule has 2 aliphatic rings. The maximum Gasteiger partial charge on any atom is 0.226 e. The van der Waals surface area contributed by atoms with Gasteiger partial charge in [0.05, 0.1) is 6.04 Å². The molecule has 5 nitrogen and oxygen atoms in total. The maximum absolute atomic E-state index is 12.5. The molecular weight excluding hydrogens is 264 g/mol. The van der Waals surface area contributed by atoms with Crippen molar-refractivity contribution < 1.29 is 4.79 Å². The molecule has 1 amide bonds. The van der Waals surface area contributed by atoms with Crippen LogP contribution in [0.2, 0.25) is 0 Å². The molecular formula is C16H24N4O. The molecule has 0 saturated carbocycles. The number of hydrogen-bond donors (Lipinski definition) is 1. The van der Waals surface area contributed by atoms with Crippen LogP contribution in [-0.2, 0) is 4.79 Å². The van der Waals surface area contributed by atoms with Crippen LogP contribution >= 0.6 is 0 Å². The normalized spacial score (nSPS) is 24.0. The van der Waals surface area contributed by atoms with Crippen molar-refractivity contribution >= 4 is 5.91 Å². The number of rotatable bonds is 3. The number of imidazole rings is 1. The molecule has 0 unspecified atom stereocenters. The SMILES string of the molecule is CN1CCN(C(=O)CC2=CCCCC2)C[C@H]1c1ncc[nH]1. The predicted molar refractivity (Wildman–Crippen MR) is 81.7 cm³/mol. The zero-order chi connectivity index (χ0) is 14.7. The second-order valence-electron chi connectivity index (χ2n) is 6.10. The molecule has 1 fully saturated rings. The summed E-state index contributed by atoms with van der Waals surface area (Å²) < 4.78 is 0. The summed E-state index contributed by atoms with van der Waals surface area (Å²) in [6.45, 7) is 2.45. The number of hydrogen-bond acceptors (Lipinski definition) is 3. The van der Waals surface area contributed by atoms with E-state index in [9.17, 15) is 4.79 Å². The first-order valence-electron chi connectivity index (χ1n) is 7.89. The van der Waals surface area contributed by atoms with Gasteiger partial charge in [-0.05, 0) is 32.7 Å². The number of nitrogens with zero attached hydrogens (tertiary/aromatic N) is 3. The summed E-state index contributed by atoms with van der Waals surface area (Å²) in [6, 6.07) is 0.179. The lowest BCUT2D eigenvalue weighted by molar-refractivity contribution is -0.133. The first-order valence-corrected chi connectivity index (χ1v) is 7.89. The zero-order valence-electron chi connectivity index (χ0n) is 12.7. The van der Waals surface area contributed by atoms with E-state index in [-0.39, 0.29) is 11.9 Å². The smallest absolute Gasteiger partial charge is 0.226 e. The molecule has 0 aromatic carbocycles. The highest BCUT2D eigenvalue weighted by atomic mass is 16.2. The van der Waals surface area contributed by atoms with Crippen molar-refractivity contribution in [2.45, 2.75) is 38.1 Å². The number of amides is 1. The zero-order valence-corrected chi connectivity index (χ0v) is 12.7. The fraction of sp³-hybridized carbons (Fsp3) is 0.625. The van der Waals surface area contributed by atoms with E-state index >= 15 is 0 Å². The Hall–Kier alpha value is -1.62. The Morgan fingerprint density at radius 2 is 2.33 bits per heavy atom. The van der Waals surface area contributed by atoms with Gasteiger partial charge in [-0.25, -0.2) is 4.98 Å². The van der Waals surface area contributed by atoms with E-state index in [1.54, 1.807) is 6.20 Å². The molecule has 1 aliphatic heterocycles. The van der Waals surface area contributed by atoms with Crippen molar-refractivity contribution in [2.24, 2.45) is 0 Å². The van der Waals surface area contributed by atoms with Crippen molar-refractivity contribution in [2.75, 3.05) is 26.7 Å². The van der Waals surface area contributed by atoms with E-state index in [0.29, 0.717) is 6.42 Å². The number of H-pyrrole nitrogens is 1. The lowest BCUT2D eigenvalue weighted by Crippen LogP contribution is -2.49.